The second-order valence-electron chi connectivity index (χ2n) is 4.79. The van der Waals surface area contributed by atoms with E-state index in [9.17, 15) is 0 Å². The molecular formula is C19H19NOS. The summed E-state index contributed by atoms with van der Waals surface area (Å²) in [5, 5.41) is 0. The van der Waals surface area contributed by atoms with Crippen LogP contribution in [-0.4, -0.2) is 0 Å². The summed E-state index contributed by atoms with van der Waals surface area (Å²) in [6.45, 7) is 9.60. The van der Waals surface area contributed by atoms with Crippen LogP contribution in [-0.2, 0) is 0 Å². The molecule has 2 aromatic carbocycles. The summed E-state index contributed by atoms with van der Waals surface area (Å²) in [6, 6.07) is 17.9. The van der Waals surface area contributed by atoms with Gasteiger partial charge in [0.25, 0.3) is 0 Å². The van der Waals surface area contributed by atoms with Crippen molar-refractivity contribution in [3.8, 4) is 5.75 Å². The molecule has 0 aliphatic carbocycles. The van der Waals surface area contributed by atoms with Crippen LogP contribution in [0.2, 0.25) is 0 Å². The van der Waals surface area contributed by atoms with Gasteiger partial charge in [-0.05, 0) is 49.2 Å². The largest absolute Gasteiger partial charge is 0.458 e. The smallest absolute Gasteiger partial charge is 0.129 e. The van der Waals surface area contributed by atoms with Gasteiger partial charge in [-0.3, -0.25) is 0 Å². The molecule has 0 unspecified atom stereocenters. The number of nitrogens with one attached hydrogen (secondary N) is 1. The predicted molar refractivity (Wildman–Crippen MR) is 96.1 cm³/mol. The lowest BCUT2D eigenvalue weighted by Gasteiger charge is -2.09. The van der Waals surface area contributed by atoms with Crippen LogP contribution in [0.15, 0.2) is 96.1 Å². The molecule has 0 aliphatic heterocycles. The van der Waals surface area contributed by atoms with E-state index in [4.69, 9.17) is 4.74 Å². The molecule has 0 fully saturated rings. The van der Waals surface area contributed by atoms with Gasteiger partial charge in [0.2, 0.25) is 0 Å². The highest BCUT2D eigenvalue weighted by Gasteiger charge is 1.99. The van der Waals surface area contributed by atoms with E-state index in [0.29, 0.717) is 5.76 Å². The molecule has 0 spiro atoms. The van der Waals surface area contributed by atoms with Crippen molar-refractivity contribution in [2.75, 3.05) is 4.72 Å². The molecule has 1 N–H and O–H groups in total. The van der Waals surface area contributed by atoms with Gasteiger partial charge in [-0.1, -0.05) is 49.1 Å². The molecule has 2 nitrogen and oxygen atoms in total. The van der Waals surface area contributed by atoms with Crippen LogP contribution in [0.4, 0.5) is 5.69 Å². The normalized spacial score (nSPS) is 10.4. The van der Waals surface area contributed by atoms with Crippen LogP contribution >= 0.6 is 11.9 Å². The zero-order valence-corrected chi connectivity index (χ0v) is 13.4. The van der Waals surface area contributed by atoms with E-state index in [1.807, 2.05) is 55.5 Å². The van der Waals surface area contributed by atoms with Gasteiger partial charge in [-0.2, -0.15) is 0 Å². The van der Waals surface area contributed by atoms with Crippen LogP contribution in [0.1, 0.15) is 6.92 Å². The molecule has 0 atom stereocenters. The number of benzene rings is 2. The SMILES string of the molecule is C=C(C)/C=C\C(=C)Oc1cccc(NSc2ccccc2)c1. The molecule has 0 bridgehead atoms. The fraction of sp³-hybridized carbons (Fsp3) is 0.0526. The lowest BCUT2D eigenvalue weighted by molar-refractivity contribution is 0.447. The monoisotopic (exact) mass is 309 g/mol. The molecule has 0 aliphatic rings. The zero-order valence-electron chi connectivity index (χ0n) is 12.6. The minimum atomic E-state index is 0.580. The van der Waals surface area contributed by atoms with Crippen LogP contribution in [0.5, 0.6) is 5.75 Å². The maximum Gasteiger partial charge on any atom is 0.129 e. The molecule has 0 saturated carbocycles. The number of hydrogen-bond acceptors (Lipinski definition) is 3. The first-order chi connectivity index (χ1) is 10.6. The lowest BCUT2D eigenvalue weighted by Crippen LogP contribution is -1.92. The minimum Gasteiger partial charge on any atom is -0.458 e. The Bertz CT molecular complexity index is 677. The van der Waals surface area contributed by atoms with E-state index in [2.05, 4.69) is 30.0 Å². The first kappa shape index (κ1) is 16.0. The minimum absolute atomic E-state index is 0.580. The molecule has 0 aromatic heterocycles. The van der Waals surface area contributed by atoms with Crippen molar-refractivity contribution in [2.45, 2.75) is 11.8 Å². The number of hydrogen-bond donors (Lipinski definition) is 1. The fourth-order valence-electron chi connectivity index (χ4n) is 1.65. The van der Waals surface area contributed by atoms with Gasteiger partial charge in [0.05, 0.1) is 0 Å². The van der Waals surface area contributed by atoms with Crippen LogP contribution < -0.4 is 9.46 Å². The van der Waals surface area contributed by atoms with Gasteiger partial charge in [0.1, 0.15) is 11.5 Å². The topological polar surface area (TPSA) is 21.3 Å². The standard InChI is InChI=1S/C19H19NOS/c1-15(2)12-13-16(3)21-18-9-7-8-17(14-18)20-22-19-10-5-4-6-11-19/h4-14,20H,1,3H2,2H3/b13-12-. The summed E-state index contributed by atoms with van der Waals surface area (Å²) >= 11 is 1.56. The summed E-state index contributed by atoms with van der Waals surface area (Å²) in [5.74, 6) is 1.32. The van der Waals surface area contributed by atoms with Gasteiger partial charge in [-0.25, -0.2) is 0 Å². The maximum atomic E-state index is 5.69. The Labute approximate surface area is 136 Å². The second-order valence-corrected chi connectivity index (χ2v) is 5.67. The average Bonchev–Trinajstić information content (AvgIpc) is 2.52. The van der Waals surface area contributed by atoms with E-state index in [0.717, 1.165) is 21.9 Å². The molecule has 22 heavy (non-hydrogen) atoms. The summed E-state index contributed by atoms with van der Waals surface area (Å²) in [7, 11) is 0. The summed E-state index contributed by atoms with van der Waals surface area (Å²) < 4.78 is 8.99. The summed E-state index contributed by atoms with van der Waals surface area (Å²) in [6.07, 6.45) is 3.68. The molecule has 2 rings (SSSR count). The highest BCUT2D eigenvalue weighted by Crippen LogP contribution is 2.24. The number of ether oxygens (including phenoxy) is 1. The van der Waals surface area contributed by atoms with E-state index in [1.165, 1.54) is 0 Å². The third-order valence-corrected chi connectivity index (χ3v) is 3.51. The Morgan fingerprint density at radius 1 is 1.05 bits per heavy atom. The number of anilines is 1. The molecular weight excluding hydrogens is 290 g/mol. The van der Waals surface area contributed by atoms with Crippen molar-refractivity contribution in [1.82, 2.24) is 0 Å². The highest BCUT2D eigenvalue weighted by molar-refractivity contribution is 8.00. The molecule has 0 saturated heterocycles. The van der Waals surface area contributed by atoms with Crippen LogP contribution in [0.25, 0.3) is 0 Å². The van der Waals surface area contributed by atoms with Crippen molar-refractivity contribution in [1.29, 1.82) is 0 Å². The molecule has 0 amide bonds. The van der Waals surface area contributed by atoms with Crippen LogP contribution in [0.3, 0.4) is 0 Å². The highest BCUT2D eigenvalue weighted by atomic mass is 32.2. The first-order valence-electron chi connectivity index (χ1n) is 6.92. The maximum absolute atomic E-state index is 5.69. The first-order valence-corrected chi connectivity index (χ1v) is 7.73. The van der Waals surface area contributed by atoms with Crippen molar-refractivity contribution >= 4 is 17.6 Å². The third-order valence-electron chi connectivity index (χ3n) is 2.67. The Morgan fingerprint density at radius 3 is 2.55 bits per heavy atom. The fourth-order valence-corrected chi connectivity index (χ4v) is 2.31. The van der Waals surface area contributed by atoms with Crippen LogP contribution in [0, 0.1) is 0 Å². The average molecular weight is 309 g/mol. The van der Waals surface area contributed by atoms with Gasteiger partial charge < -0.3 is 9.46 Å². The van der Waals surface area contributed by atoms with Crippen molar-refractivity contribution in [2.24, 2.45) is 0 Å². The van der Waals surface area contributed by atoms with E-state index >= 15 is 0 Å². The Balaban J connectivity index is 1.95. The quantitative estimate of drug-likeness (QED) is 0.395. The Morgan fingerprint density at radius 2 is 1.82 bits per heavy atom. The van der Waals surface area contributed by atoms with Gasteiger partial charge in [0.15, 0.2) is 0 Å². The second kappa shape index (κ2) is 8.15. The van der Waals surface area contributed by atoms with Gasteiger partial charge >= 0.3 is 0 Å². The Kier molecular flexibility index (Phi) is 5.92. The van der Waals surface area contributed by atoms with E-state index < -0.39 is 0 Å². The molecule has 0 radical (unpaired) electrons. The Hall–Kier alpha value is -2.39. The number of rotatable bonds is 7. The van der Waals surface area contributed by atoms with E-state index in [1.54, 1.807) is 18.0 Å². The van der Waals surface area contributed by atoms with Crippen molar-refractivity contribution in [3.05, 3.63) is 91.2 Å². The third kappa shape index (κ3) is 5.54. The van der Waals surface area contributed by atoms with Gasteiger partial charge in [-0.15, -0.1) is 0 Å². The van der Waals surface area contributed by atoms with Crippen molar-refractivity contribution < 1.29 is 4.74 Å². The lowest BCUT2D eigenvalue weighted by atomic mass is 10.3. The molecule has 3 heteroatoms. The summed E-state index contributed by atoms with van der Waals surface area (Å²) in [4.78, 5) is 1.16. The molecule has 0 heterocycles. The van der Waals surface area contributed by atoms with Gasteiger partial charge in [0, 0.05) is 16.6 Å². The number of allylic oxidation sites excluding steroid dienone is 3. The summed E-state index contributed by atoms with van der Waals surface area (Å²) in [5.41, 5.74) is 1.93. The molecule has 2 aromatic rings. The molecule has 112 valence electrons. The predicted octanol–water partition coefficient (Wildman–Crippen LogP) is 5.83. The zero-order chi connectivity index (χ0) is 15.8. The van der Waals surface area contributed by atoms with E-state index in [-0.39, 0.29) is 0 Å². The van der Waals surface area contributed by atoms with Crippen molar-refractivity contribution in [3.63, 3.8) is 0 Å².